The molecule has 2 N–H and O–H groups in total. The van der Waals surface area contributed by atoms with E-state index in [1.54, 1.807) is 18.2 Å². The quantitative estimate of drug-likeness (QED) is 0.653. The van der Waals surface area contributed by atoms with Gasteiger partial charge in [0.05, 0.1) is 18.8 Å². The van der Waals surface area contributed by atoms with Crippen molar-refractivity contribution in [2.24, 2.45) is 0 Å². The summed E-state index contributed by atoms with van der Waals surface area (Å²) in [6.45, 7) is 3.37. The van der Waals surface area contributed by atoms with Crippen molar-refractivity contribution in [2.45, 2.75) is 25.3 Å². The Morgan fingerprint density at radius 1 is 1.09 bits per heavy atom. The molecular formula is C24H29ClN4O3. The van der Waals surface area contributed by atoms with Crippen LogP contribution in [0.15, 0.2) is 36.4 Å². The summed E-state index contributed by atoms with van der Waals surface area (Å²) in [5.74, 6) is -0.993. The Labute approximate surface area is 193 Å². The van der Waals surface area contributed by atoms with E-state index in [1.165, 1.54) is 23.9 Å². The Balaban J connectivity index is 1.45. The minimum absolute atomic E-state index is 0.0335. The minimum Gasteiger partial charge on any atom is -0.495 e. The van der Waals surface area contributed by atoms with E-state index in [9.17, 15) is 9.59 Å². The number of methoxy groups -OCH3 is 1. The van der Waals surface area contributed by atoms with E-state index in [0.29, 0.717) is 23.0 Å². The van der Waals surface area contributed by atoms with E-state index >= 15 is 0 Å². The lowest BCUT2D eigenvalue weighted by Crippen LogP contribution is -2.41. The van der Waals surface area contributed by atoms with E-state index in [0.717, 1.165) is 38.9 Å². The van der Waals surface area contributed by atoms with Gasteiger partial charge in [-0.05, 0) is 67.7 Å². The summed E-state index contributed by atoms with van der Waals surface area (Å²) in [6, 6.07) is 11.5. The molecule has 32 heavy (non-hydrogen) atoms. The van der Waals surface area contributed by atoms with Crippen LogP contribution in [0.4, 0.5) is 11.4 Å². The van der Waals surface area contributed by atoms with Crippen molar-refractivity contribution in [2.75, 3.05) is 50.6 Å². The molecule has 7 nitrogen and oxygen atoms in total. The third-order valence-corrected chi connectivity index (χ3v) is 6.50. The van der Waals surface area contributed by atoms with Gasteiger partial charge in [-0.25, -0.2) is 0 Å². The maximum absolute atomic E-state index is 12.6. The van der Waals surface area contributed by atoms with Gasteiger partial charge in [0.25, 0.3) is 0 Å². The lowest BCUT2D eigenvalue weighted by Gasteiger charge is -2.28. The Hall–Kier alpha value is -2.77. The van der Waals surface area contributed by atoms with Crippen LogP contribution in [0.1, 0.15) is 30.0 Å². The van der Waals surface area contributed by atoms with E-state index in [2.05, 4.69) is 45.7 Å². The second kappa shape index (κ2) is 9.79. The lowest BCUT2D eigenvalue weighted by molar-refractivity contribution is -0.136. The summed E-state index contributed by atoms with van der Waals surface area (Å²) in [7, 11) is 3.60. The molecule has 170 valence electrons. The average Bonchev–Trinajstić information content (AvgIpc) is 3.44. The summed E-state index contributed by atoms with van der Waals surface area (Å²) < 4.78 is 5.23. The molecule has 0 unspecified atom stereocenters. The van der Waals surface area contributed by atoms with Gasteiger partial charge in [0, 0.05) is 30.8 Å². The van der Waals surface area contributed by atoms with Gasteiger partial charge >= 0.3 is 11.8 Å². The number of halogens is 1. The highest BCUT2D eigenvalue weighted by Gasteiger charge is 2.27. The van der Waals surface area contributed by atoms with Crippen molar-refractivity contribution in [3.63, 3.8) is 0 Å². The normalized spacial score (nSPS) is 16.5. The number of rotatable bonds is 6. The van der Waals surface area contributed by atoms with Crippen LogP contribution in [-0.4, -0.2) is 57.1 Å². The summed E-state index contributed by atoms with van der Waals surface area (Å²) in [4.78, 5) is 29.8. The molecule has 0 bridgehead atoms. The number of fused-ring (bicyclic) bond motifs is 1. The van der Waals surface area contributed by atoms with Crippen LogP contribution in [0.25, 0.3) is 0 Å². The number of nitrogens with one attached hydrogen (secondary N) is 2. The van der Waals surface area contributed by atoms with Gasteiger partial charge < -0.3 is 20.3 Å². The molecule has 2 aromatic rings. The van der Waals surface area contributed by atoms with Crippen molar-refractivity contribution in [3.8, 4) is 5.75 Å². The van der Waals surface area contributed by atoms with E-state index in [1.807, 2.05) is 0 Å². The molecule has 1 atom stereocenters. The average molecular weight is 457 g/mol. The molecule has 2 amide bonds. The first-order valence-electron chi connectivity index (χ1n) is 11.0. The summed E-state index contributed by atoms with van der Waals surface area (Å²) in [6.07, 6.45) is 3.32. The smallest absolute Gasteiger partial charge is 0.313 e. The number of benzene rings is 2. The molecule has 2 aromatic carbocycles. The number of likely N-dealkylation sites (tertiary alicyclic amines) is 1. The molecule has 0 saturated carbocycles. The SMILES string of the molecule is COc1ccc(Cl)cc1NC(=O)C(=O)NC[C@@H](c1ccc2c(c1)CCN2C)N1CCCC1. The molecule has 2 aliphatic heterocycles. The van der Waals surface area contributed by atoms with Crippen LogP contribution < -0.4 is 20.3 Å². The second-order valence-corrected chi connectivity index (χ2v) is 8.76. The molecular weight excluding hydrogens is 428 g/mol. The van der Waals surface area contributed by atoms with Gasteiger partial charge in [-0.2, -0.15) is 0 Å². The summed E-state index contributed by atoms with van der Waals surface area (Å²) >= 11 is 6.01. The molecule has 2 aliphatic rings. The molecule has 0 aliphatic carbocycles. The zero-order chi connectivity index (χ0) is 22.7. The Morgan fingerprint density at radius 2 is 1.88 bits per heavy atom. The monoisotopic (exact) mass is 456 g/mol. The maximum Gasteiger partial charge on any atom is 0.313 e. The Bertz CT molecular complexity index is 1010. The van der Waals surface area contributed by atoms with Gasteiger partial charge in [-0.15, -0.1) is 0 Å². The van der Waals surface area contributed by atoms with Crippen LogP contribution in [0.5, 0.6) is 5.75 Å². The van der Waals surface area contributed by atoms with Gasteiger partial charge in [0.2, 0.25) is 0 Å². The van der Waals surface area contributed by atoms with E-state index in [4.69, 9.17) is 16.3 Å². The highest BCUT2D eigenvalue weighted by Crippen LogP contribution is 2.32. The third kappa shape index (κ3) is 4.84. The Kier molecular flexibility index (Phi) is 6.86. The number of carbonyl (C=O) groups excluding carboxylic acids is 2. The van der Waals surface area contributed by atoms with Gasteiger partial charge in [-0.1, -0.05) is 23.7 Å². The predicted octanol–water partition coefficient (Wildman–Crippen LogP) is 3.23. The fourth-order valence-corrected chi connectivity index (χ4v) is 4.70. The zero-order valence-corrected chi connectivity index (χ0v) is 19.2. The van der Waals surface area contributed by atoms with Crippen molar-refractivity contribution in [3.05, 3.63) is 52.5 Å². The number of anilines is 2. The zero-order valence-electron chi connectivity index (χ0n) is 18.5. The topological polar surface area (TPSA) is 73.9 Å². The van der Waals surface area contributed by atoms with Crippen LogP contribution >= 0.6 is 11.6 Å². The van der Waals surface area contributed by atoms with Gasteiger partial charge in [0.1, 0.15) is 5.75 Å². The van der Waals surface area contributed by atoms with E-state index in [-0.39, 0.29) is 6.04 Å². The standard InChI is InChI=1S/C24H29ClN4O3/c1-28-12-9-17-13-16(5-7-20(17)28)21(29-10-3-4-11-29)15-26-23(30)24(31)27-19-14-18(25)6-8-22(19)32-2/h5-8,13-14,21H,3-4,9-12,15H2,1-2H3,(H,26,30)(H,27,31)/t21-/m0/s1. The molecule has 4 rings (SSSR count). The molecule has 0 aromatic heterocycles. The Morgan fingerprint density at radius 3 is 2.62 bits per heavy atom. The number of ether oxygens (including phenoxy) is 1. The molecule has 1 fully saturated rings. The number of amides is 2. The number of hydrogen-bond donors (Lipinski definition) is 2. The van der Waals surface area contributed by atoms with Gasteiger partial charge in [-0.3, -0.25) is 14.5 Å². The number of likely N-dealkylation sites (N-methyl/N-ethyl adjacent to an activating group) is 1. The molecule has 8 heteroatoms. The largest absolute Gasteiger partial charge is 0.495 e. The first-order chi connectivity index (χ1) is 15.5. The lowest BCUT2D eigenvalue weighted by atomic mass is 10.0. The van der Waals surface area contributed by atoms with Crippen molar-refractivity contribution in [1.82, 2.24) is 10.2 Å². The summed E-state index contributed by atoms with van der Waals surface area (Å²) in [5, 5.41) is 5.87. The minimum atomic E-state index is -0.749. The fourth-order valence-electron chi connectivity index (χ4n) is 4.53. The molecule has 0 spiro atoms. The fraction of sp³-hybridized carbons (Fsp3) is 0.417. The molecule has 1 saturated heterocycles. The van der Waals surface area contributed by atoms with Crippen molar-refractivity contribution in [1.29, 1.82) is 0 Å². The van der Waals surface area contributed by atoms with Crippen LogP contribution in [-0.2, 0) is 16.0 Å². The molecule has 0 radical (unpaired) electrons. The summed E-state index contributed by atoms with van der Waals surface area (Å²) in [5.41, 5.74) is 4.15. The highest BCUT2D eigenvalue weighted by atomic mass is 35.5. The van der Waals surface area contributed by atoms with Crippen LogP contribution in [0.3, 0.4) is 0 Å². The predicted molar refractivity (Wildman–Crippen MR) is 127 cm³/mol. The number of carbonyl (C=O) groups is 2. The number of hydrogen-bond acceptors (Lipinski definition) is 5. The van der Waals surface area contributed by atoms with Crippen molar-refractivity contribution < 1.29 is 14.3 Å². The van der Waals surface area contributed by atoms with Crippen LogP contribution in [0.2, 0.25) is 5.02 Å². The van der Waals surface area contributed by atoms with E-state index < -0.39 is 11.8 Å². The maximum atomic E-state index is 12.6. The van der Waals surface area contributed by atoms with Crippen molar-refractivity contribution >= 4 is 34.8 Å². The molecule has 2 heterocycles. The second-order valence-electron chi connectivity index (χ2n) is 8.33. The van der Waals surface area contributed by atoms with Crippen LogP contribution in [0, 0.1) is 0 Å². The number of nitrogens with zero attached hydrogens (tertiary/aromatic N) is 2. The highest BCUT2D eigenvalue weighted by molar-refractivity contribution is 6.40. The van der Waals surface area contributed by atoms with Gasteiger partial charge in [0.15, 0.2) is 0 Å². The first kappa shape index (κ1) is 22.4. The first-order valence-corrected chi connectivity index (χ1v) is 11.3. The third-order valence-electron chi connectivity index (χ3n) is 6.27.